The number of aromatic nitrogens is 2. The maximum absolute atomic E-state index is 12.2. The van der Waals surface area contributed by atoms with E-state index in [9.17, 15) is 9.90 Å². The molecule has 0 saturated heterocycles. The molecule has 102 valence electrons. The Bertz CT molecular complexity index is 602. The van der Waals surface area contributed by atoms with E-state index in [2.05, 4.69) is 4.98 Å². The van der Waals surface area contributed by atoms with Crippen LogP contribution in [0.5, 0.6) is 5.75 Å². The summed E-state index contributed by atoms with van der Waals surface area (Å²) in [5.74, 6) is -0.691. The summed E-state index contributed by atoms with van der Waals surface area (Å²) in [4.78, 5) is 16.4. The first-order valence-electron chi connectivity index (χ1n) is 6.00. The Morgan fingerprint density at radius 1 is 1.42 bits per heavy atom. The van der Waals surface area contributed by atoms with E-state index in [0.29, 0.717) is 17.0 Å². The molecule has 2 heterocycles. The fourth-order valence-electron chi connectivity index (χ4n) is 2.05. The number of aliphatic hydroxyl groups is 2. The molecule has 2 rings (SSSR count). The first-order chi connectivity index (χ1) is 9.08. The number of imidazole rings is 1. The molecule has 6 nitrogen and oxygen atoms in total. The molecule has 2 aromatic heterocycles. The zero-order valence-corrected chi connectivity index (χ0v) is 10.6. The van der Waals surface area contributed by atoms with Crippen molar-refractivity contribution >= 4 is 11.4 Å². The number of pyridine rings is 1. The van der Waals surface area contributed by atoms with Gasteiger partial charge in [0.15, 0.2) is 17.2 Å². The highest BCUT2D eigenvalue weighted by Crippen LogP contribution is 2.22. The molecule has 2 aromatic rings. The molecule has 19 heavy (non-hydrogen) atoms. The maximum atomic E-state index is 12.2. The first-order valence-corrected chi connectivity index (χ1v) is 6.00. The van der Waals surface area contributed by atoms with Crippen molar-refractivity contribution in [1.29, 1.82) is 0 Å². The molecule has 6 heteroatoms. The summed E-state index contributed by atoms with van der Waals surface area (Å²) in [6.45, 7) is 1.19. The van der Waals surface area contributed by atoms with Crippen molar-refractivity contribution in [3.05, 3.63) is 29.7 Å². The number of carbonyl (C=O) groups excluding carboxylic acids is 1. The standard InChI is InChI=1S/C13H16N2O4/c1-8-12(11(19)5-9(6-16)7-17)15-4-2-3-10(18)13(15)14-8/h2-4,9,16-18H,5-7H2,1H3. The summed E-state index contributed by atoms with van der Waals surface area (Å²) in [6, 6.07) is 3.12. The molecule has 0 bridgehead atoms. The summed E-state index contributed by atoms with van der Waals surface area (Å²) in [5.41, 5.74) is 1.21. The number of Topliss-reactive ketones (excluding diaryl/α,β-unsaturated/α-hetero) is 1. The highest BCUT2D eigenvalue weighted by atomic mass is 16.3. The zero-order valence-electron chi connectivity index (χ0n) is 10.6. The van der Waals surface area contributed by atoms with E-state index >= 15 is 0 Å². The molecule has 0 saturated carbocycles. The van der Waals surface area contributed by atoms with E-state index < -0.39 is 5.92 Å². The summed E-state index contributed by atoms with van der Waals surface area (Å²) in [6.07, 6.45) is 1.69. The van der Waals surface area contributed by atoms with Gasteiger partial charge in [-0.15, -0.1) is 0 Å². The van der Waals surface area contributed by atoms with Crippen LogP contribution in [0.3, 0.4) is 0 Å². The summed E-state index contributed by atoms with van der Waals surface area (Å²) < 4.78 is 1.53. The third-order valence-corrected chi connectivity index (χ3v) is 3.06. The molecular formula is C13H16N2O4. The number of fused-ring (bicyclic) bond motifs is 1. The van der Waals surface area contributed by atoms with Crippen LogP contribution in [0, 0.1) is 12.8 Å². The van der Waals surface area contributed by atoms with Crippen molar-refractivity contribution < 1.29 is 20.1 Å². The first kappa shape index (κ1) is 13.5. The Labute approximate surface area is 110 Å². The highest BCUT2D eigenvalue weighted by Gasteiger charge is 2.21. The third kappa shape index (κ3) is 2.45. The number of rotatable bonds is 5. The molecule has 0 unspecified atom stereocenters. The van der Waals surface area contributed by atoms with Gasteiger partial charge in [0.05, 0.1) is 5.69 Å². The quantitative estimate of drug-likeness (QED) is 0.684. The van der Waals surface area contributed by atoms with Crippen molar-refractivity contribution in [2.24, 2.45) is 5.92 Å². The summed E-state index contributed by atoms with van der Waals surface area (Å²) >= 11 is 0. The molecule has 0 radical (unpaired) electrons. The molecule has 0 atom stereocenters. The molecule has 0 spiro atoms. The van der Waals surface area contributed by atoms with E-state index in [0.717, 1.165) is 0 Å². The smallest absolute Gasteiger partial charge is 0.181 e. The predicted octanol–water partition coefficient (Wildman–Crippen LogP) is 0.522. The second-order valence-corrected chi connectivity index (χ2v) is 4.49. The van der Waals surface area contributed by atoms with Gasteiger partial charge < -0.3 is 15.3 Å². The predicted molar refractivity (Wildman–Crippen MR) is 68.2 cm³/mol. The van der Waals surface area contributed by atoms with Crippen LogP contribution in [0.4, 0.5) is 0 Å². The molecule has 0 aliphatic carbocycles. The van der Waals surface area contributed by atoms with Crippen molar-refractivity contribution in [2.45, 2.75) is 13.3 Å². The topological polar surface area (TPSA) is 95.1 Å². The minimum atomic E-state index is -0.477. The van der Waals surface area contributed by atoms with E-state index in [1.807, 2.05) is 0 Å². The molecule has 3 N–H and O–H groups in total. The molecule has 0 aromatic carbocycles. The van der Waals surface area contributed by atoms with Gasteiger partial charge in [-0.3, -0.25) is 9.20 Å². The Kier molecular flexibility index (Phi) is 3.82. The Morgan fingerprint density at radius 3 is 2.74 bits per heavy atom. The lowest BCUT2D eigenvalue weighted by Crippen LogP contribution is -2.17. The normalized spacial score (nSPS) is 11.4. The van der Waals surface area contributed by atoms with Gasteiger partial charge in [0, 0.05) is 31.7 Å². The van der Waals surface area contributed by atoms with Crippen molar-refractivity contribution in [2.75, 3.05) is 13.2 Å². The Hall–Kier alpha value is -1.92. The average Bonchev–Trinajstić information content (AvgIpc) is 2.73. The van der Waals surface area contributed by atoms with Crippen LogP contribution < -0.4 is 0 Å². The largest absolute Gasteiger partial charge is 0.504 e. The molecule has 0 fully saturated rings. The molecule has 0 aliphatic heterocycles. The molecule has 0 amide bonds. The van der Waals surface area contributed by atoms with E-state index in [1.165, 1.54) is 10.5 Å². The van der Waals surface area contributed by atoms with E-state index in [4.69, 9.17) is 10.2 Å². The van der Waals surface area contributed by atoms with Gasteiger partial charge in [0.2, 0.25) is 0 Å². The second-order valence-electron chi connectivity index (χ2n) is 4.49. The fraction of sp³-hybridized carbons (Fsp3) is 0.385. The van der Waals surface area contributed by atoms with Crippen LogP contribution in [0.15, 0.2) is 18.3 Å². The number of ketones is 1. The number of aliphatic hydroxyl groups excluding tert-OH is 2. The number of aryl methyl sites for hydroxylation is 1. The number of aromatic hydroxyl groups is 1. The number of nitrogens with zero attached hydrogens (tertiary/aromatic N) is 2. The monoisotopic (exact) mass is 264 g/mol. The third-order valence-electron chi connectivity index (χ3n) is 3.06. The van der Waals surface area contributed by atoms with E-state index in [-0.39, 0.29) is 31.2 Å². The minimum absolute atomic E-state index is 0.00511. The average molecular weight is 264 g/mol. The maximum Gasteiger partial charge on any atom is 0.181 e. The number of hydrogen-bond donors (Lipinski definition) is 3. The summed E-state index contributed by atoms with van der Waals surface area (Å²) in [7, 11) is 0. The van der Waals surface area contributed by atoms with Crippen LogP contribution in [0.25, 0.3) is 5.65 Å². The number of carbonyl (C=O) groups is 1. The fourth-order valence-corrected chi connectivity index (χ4v) is 2.05. The van der Waals surface area contributed by atoms with Gasteiger partial charge in [-0.25, -0.2) is 4.98 Å². The van der Waals surface area contributed by atoms with Crippen LogP contribution >= 0.6 is 0 Å². The van der Waals surface area contributed by atoms with Gasteiger partial charge in [-0.2, -0.15) is 0 Å². The minimum Gasteiger partial charge on any atom is -0.504 e. The van der Waals surface area contributed by atoms with Gasteiger partial charge in [-0.05, 0) is 19.1 Å². The van der Waals surface area contributed by atoms with Crippen LogP contribution in [0.1, 0.15) is 22.6 Å². The lowest BCUT2D eigenvalue weighted by Gasteiger charge is -2.09. The van der Waals surface area contributed by atoms with Crippen molar-refractivity contribution in [3.63, 3.8) is 0 Å². The van der Waals surface area contributed by atoms with Crippen LogP contribution in [-0.2, 0) is 0 Å². The van der Waals surface area contributed by atoms with Crippen LogP contribution in [0.2, 0.25) is 0 Å². The van der Waals surface area contributed by atoms with Crippen LogP contribution in [-0.4, -0.2) is 43.7 Å². The molecule has 0 aliphatic rings. The van der Waals surface area contributed by atoms with Crippen molar-refractivity contribution in [1.82, 2.24) is 9.38 Å². The lowest BCUT2D eigenvalue weighted by molar-refractivity contribution is 0.0873. The van der Waals surface area contributed by atoms with E-state index in [1.54, 1.807) is 19.2 Å². The highest BCUT2D eigenvalue weighted by molar-refractivity contribution is 5.96. The van der Waals surface area contributed by atoms with Gasteiger partial charge >= 0.3 is 0 Å². The van der Waals surface area contributed by atoms with Crippen molar-refractivity contribution in [3.8, 4) is 5.75 Å². The second kappa shape index (κ2) is 5.38. The summed E-state index contributed by atoms with van der Waals surface area (Å²) in [5, 5.41) is 27.7. The molecular weight excluding hydrogens is 248 g/mol. The van der Waals surface area contributed by atoms with Gasteiger partial charge in [0.25, 0.3) is 0 Å². The SMILES string of the molecule is Cc1nc2c(O)cccn2c1C(=O)CC(CO)CO. The lowest BCUT2D eigenvalue weighted by atomic mass is 10.0. The van der Waals surface area contributed by atoms with Gasteiger partial charge in [-0.1, -0.05) is 0 Å². The Balaban J connectivity index is 2.42. The number of hydrogen-bond acceptors (Lipinski definition) is 5. The Morgan fingerprint density at radius 2 is 2.11 bits per heavy atom. The van der Waals surface area contributed by atoms with Gasteiger partial charge in [0.1, 0.15) is 5.69 Å². The zero-order chi connectivity index (χ0) is 14.0.